The van der Waals surface area contributed by atoms with E-state index >= 15 is 0 Å². The smallest absolute Gasteiger partial charge is 0.258 e. The number of anilines is 4. The Morgan fingerprint density at radius 1 is 0.543 bits per heavy atom. The zero-order chi connectivity index (χ0) is 50.9. The van der Waals surface area contributed by atoms with Crippen molar-refractivity contribution >= 4 is 127 Å². The van der Waals surface area contributed by atoms with Gasteiger partial charge in [-0.1, -0.05) is 47.5 Å². The minimum atomic E-state index is -1.64. The Labute approximate surface area is 428 Å². The molecular formula is C49H47Cl5N8O8. The van der Waals surface area contributed by atoms with Crippen LogP contribution in [0.4, 0.5) is 34.1 Å². The number of carbonyl (C=O) groups is 6. The zero-order valence-corrected chi connectivity index (χ0v) is 42.0. The molecule has 0 saturated heterocycles. The van der Waals surface area contributed by atoms with Crippen LogP contribution >= 0.6 is 58.0 Å². The minimum Gasteiger partial charge on any atom is -0.494 e. The van der Waals surface area contributed by atoms with Gasteiger partial charge in [0.05, 0.1) is 34.4 Å². The van der Waals surface area contributed by atoms with Crippen molar-refractivity contribution in [2.75, 3.05) is 46.2 Å². The monoisotopic (exact) mass is 1050 g/mol. The molecule has 0 aliphatic carbocycles. The number of hydrogen-bond donors (Lipinski definition) is 4. The van der Waals surface area contributed by atoms with Gasteiger partial charge in [-0.3, -0.25) is 28.8 Å². The van der Waals surface area contributed by atoms with Crippen LogP contribution in [0.3, 0.4) is 0 Å². The molecule has 5 rings (SSSR count). The molecular weight excluding hydrogens is 1010 g/mol. The first kappa shape index (κ1) is 54.5. The van der Waals surface area contributed by atoms with Gasteiger partial charge in [-0.2, -0.15) is 20.5 Å². The molecule has 0 aromatic heterocycles. The van der Waals surface area contributed by atoms with Crippen LogP contribution in [0.1, 0.15) is 65.1 Å². The summed E-state index contributed by atoms with van der Waals surface area (Å²) in [5, 5.41) is 26.7. The van der Waals surface area contributed by atoms with E-state index < -0.39 is 47.3 Å². The molecule has 0 heterocycles. The maximum Gasteiger partial charge on any atom is 0.258 e. The van der Waals surface area contributed by atoms with Crippen molar-refractivity contribution in [3.8, 4) is 11.5 Å². The molecule has 70 heavy (non-hydrogen) atoms. The van der Waals surface area contributed by atoms with Gasteiger partial charge in [0.1, 0.15) is 22.9 Å². The fourth-order valence-electron chi connectivity index (χ4n) is 6.59. The first-order valence-electron chi connectivity index (χ1n) is 21.6. The van der Waals surface area contributed by atoms with Crippen LogP contribution in [0, 0.1) is 0 Å². The Hall–Kier alpha value is -6.43. The molecule has 0 spiro atoms. The van der Waals surface area contributed by atoms with Crippen molar-refractivity contribution in [3.63, 3.8) is 0 Å². The lowest BCUT2D eigenvalue weighted by molar-refractivity contribution is -0.127. The van der Waals surface area contributed by atoms with Crippen LogP contribution < -0.4 is 30.7 Å². The molecule has 4 amide bonds. The third kappa shape index (κ3) is 14.6. The number of Topliss-reactive ketones (excluding diaryl/α,β-unsaturated/α-hetero) is 2. The van der Waals surface area contributed by atoms with Crippen molar-refractivity contribution in [3.05, 3.63) is 129 Å². The van der Waals surface area contributed by atoms with Crippen LogP contribution in [0.15, 0.2) is 111 Å². The molecule has 2 unspecified atom stereocenters. The number of benzene rings is 5. The molecule has 0 radical (unpaired) electrons. The SMILES string of the molecule is CCOc1cc(NC(=O)c2cccc(N=NC(C(C)=O)C(=O)Nc3ccc(NC(=O)C(N=Nc4cccc(C(=O)Nc5ccc(CCCl)c(OCC)c5)c4Cl)C(C)=O)c(CCl)c3)c2Cl)ccc1CCCl. The van der Waals surface area contributed by atoms with Crippen molar-refractivity contribution in [2.24, 2.45) is 20.5 Å². The normalized spacial score (nSPS) is 12.0. The maximum absolute atomic E-state index is 13.5. The van der Waals surface area contributed by atoms with E-state index in [1.54, 1.807) is 24.3 Å². The summed E-state index contributed by atoms with van der Waals surface area (Å²) in [4.78, 5) is 78.9. The van der Waals surface area contributed by atoms with E-state index in [1.807, 2.05) is 26.0 Å². The second-order valence-electron chi connectivity index (χ2n) is 15.0. The Morgan fingerprint density at radius 3 is 1.39 bits per heavy atom. The van der Waals surface area contributed by atoms with Gasteiger partial charge < -0.3 is 30.7 Å². The summed E-state index contributed by atoms with van der Waals surface area (Å²) >= 11 is 31.3. The number of aryl methyl sites for hydroxylation is 2. The highest BCUT2D eigenvalue weighted by atomic mass is 35.5. The summed E-state index contributed by atoms with van der Waals surface area (Å²) < 4.78 is 11.4. The third-order valence-electron chi connectivity index (χ3n) is 10.0. The predicted molar refractivity (Wildman–Crippen MR) is 274 cm³/mol. The quantitative estimate of drug-likeness (QED) is 0.0279. The molecule has 5 aromatic carbocycles. The van der Waals surface area contributed by atoms with Gasteiger partial charge in [0, 0.05) is 52.5 Å². The van der Waals surface area contributed by atoms with Crippen LogP contribution in [0.25, 0.3) is 0 Å². The van der Waals surface area contributed by atoms with Crippen LogP contribution in [0.5, 0.6) is 11.5 Å². The van der Waals surface area contributed by atoms with E-state index in [0.717, 1.165) is 25.0 Å². The van der Waals surface area contributed by atoms with E-state index in [1.165, 1.54) is 54.6 Å². The molecule has 4 N–H and O–H groups in total. The molecule has 21 heteroatoms. The second-order valence-corrected chi connectivity index (χ2v) is 16.8. The van der Waals surface area contributed by atoms with E-state index in [4.69, 9.17) is 67.5 Å². The highest BCUT2D eigenvalue weighted by Gasteiger charge is 2.27. The van der Waals surface area contributed by atoms with Gasteiger partial charge in [0.2, 0.25) is 12.1 Å². The molecule has 366 valence electrons. The van der Waals surface area contributed by atoms with Gasteiger partial charge in [-0.15, -0.1) is 34.8 Å². The topological polar surface area (TPSA) is 218 Å². The first-order valence-corrected chi connectivity index (χ1v) is 23.9. The second kappa shape index (κ2) is 26.5. The summed E-state index contributed by atoms with van der Waals surface area (Å²) in [6.07, 6.45) is 1.16. The number of ketones is 2. The molecule has 5 aromatic rings. The Morgan fingerprint density at radius 2 is 0.971 bits per heavy atom. The summed E-state index contributed by atoms with van der Waals surface area (Å²) in [7, 11) is 0. The van der Waals surface area contributed by atoms with Gasteiger partial charge in [0.15, 0.2) is 11.6 Å². The standard InChI is InChI=1S/C49H47Cl5N8O8/c1-5-69-40-24-33(15-13-29(40)19-21-50)55-46(65)35-9-7-11-38(42(35)53)59-61-44(27(3)63)48(67)57-32-17-18-37(31(23-32)26-52)58-49(68)45(28(4)64)62-60-39-12-8-10-36(43(39)54)47(66)56-34-16-14-30(20-22-51)41(25-34)70-6-2/h7-18,23-25,44-45H,5-6,19-22,26H2,1-4H3,(H,55,65)(H,56,66)(H,57,67)(H,58,68). The Balaban J connectivity index is 1.25. The Kier molecular flexibility index (Phi) is 20.7. The van der Waals surface area contributed by atoms with Gasteiger partial charge in [-0.05, 0) is 112 Å². The number of hydrogen-bond acceptors (Lipinski definition) is 12. The van der Waals surface area contributed by atoms with Crippen molar-refractivity contribution in [2.45, 2.75) is 58.5 Å². The molecule has 0 aliphatic heterocycles. The molecule has 0 bridgehead atoms. The van der Waals surface area contributed by atoms with Gasteiger partial charge >= 0.3 is 0 Å². The number of nitrogens with one attached hydrogen (secondary N) is 4. The highest BCUT2D eigenvalue weighted by molar-refractivity contribution is 6.37. The van der Waals surface area contributed by atoms with Crippen molar-refractivity contribution < 1.29 is 38.2 Å². The summed E-state index contributed by atoms with van der Waals surface area (Å²) in [5.41, 5.74) is 3.49. The lowest BCUT2D eigenvalue weighted by Gasteiger charge is -2.15. The fraction of sp³-hybridized carbons (Fsp3) is 0.265. The number of azo groups is 2. The minimum absolute atomic E-state index is 0.0168. The summed E-state index contributed by atoms with van der Waals surface area (Å²) in [5.74, 6) is -2.36. The lowest BCUT2D eigenvalue weighted by atomic mass is 10.1. The largest absolute Gasteiger partial charge is 0.494 e. The Bertz CT molecular complexity index is 2830. The number of halogens is 5. The molecule has 2 atom stereocenters. The summed E-state index contributed by atoms with van der Waals surface area (Å²) in [6, 6.07) is 20.3. The molecule has 16 nitrogen and oxygen atoms in total. The average molecular weight is 1050 g/mol. The number of nitrogens with zero attached hydrogens (tertiary/aromatic N) is 4. The molecule has 0 aliphatic rings. The van der Waals surface area contributed by atoms with Crippen LogP contribution in [0.2, 0.25) is 10.0 Å². The number of alkyl halides is 3. The fourth-order valence-corrected chi connectivity index (χ4v) is 7.72. The number of ether oxygens (including phenoxy) is 2. The van der Waals surface area contributed by atoms with E-state index in [2.05, 4.69) is 41.7 Å². The number of carbonyl (C=O) groups excluding carboxylic acids is 6. The third-order valence-corrected chi connectivity index (χ3v) is 11.5. The van der Waals surface area contributed by atoms with E-state index in [9.17, 15) is 28.8 Å². The van der Waals surface area contributed by atoms with Crippen LogP contribution in [-0.2, 0) is 37.9 Å². The average Bonchev–Trinajstić information content (AvgIpc) is 3.32. The first-order chi connectivity index (χ1) is 33.6. The highest BCUT2D eigenvalue weighted by Crippen LogP contribution is 2.33. The number of rotatable bonds is 23. The van der Waals surface area contributed by atoms with Crippen molar-refractivity contribution in [1.29, 1.82) is 0 Å². The van der Waals surface area contributed by atoms with Gasteiger partial charge in [0.25, 0.3) is 23.6 Å². The molecule has 0 saturated carbocycles. The van der Waals surface area contributed by atoms with E-state index in [-0.39, 0.29) is 49.8 Å². The predicted octanol–water partition coefficient (Wildman–Crippen LogP) is 12.0. The van der Waals surface area contributed by atoms with Gasteiger partial charge in [-0.25, -0.2) is 0 Å². The molecule has 0 fully saturated rings. The lowest BCUT2D eigenvalue weighted by Crippen LogP contribution is -2.32. The maximum atomic E-state index is 13.5. The number of amides is 4. The van der Waals surface area contributed by atoms with Crippen LogP contribution in [-0.4, -0.2) is 72.3 Å². The van der Waals surface area contributed by atoms with E-state index in [0.29, 0.717) is 66.3 Å². The summed E-state index contributed by atoms with van der Waals surface area (Å²) in [6.45, 7) is 6.82. The van der Waals surface area contributed by atoms with Crippen molar-refractivity contribution in [1.82, 2.24) is 0 Å². The zero-order valence-electron chi connectivity index (χ0n) is 38.2.